The molecule has 2 amide bonds. The van der Waals surface area contributed by atoms with E-state index in [1.54, 1.807) is 25.1 Å². The zero-order valence-corrected chi connectivity index (χ0v) is 25.4. The van der Waals surface area contributed by atoms with Crippen LogP contribution in [-0.2, 0) is 14.9 Å². The number of rotatable bonds is 11. The lowest BCUT2D eigenvalue weighted by Gasteiger charge is -2.17. The van der Waals surface area contributed by atoms with Crippen LogP contribution >= 0.6 is 23.4 Å². The molecule has 4 rings (SSSR count). The minimum absolute atomic E-state index is 0.0338. The van der Waals surface area contributed by atoms with Crippen LogP contribution in [0.2, 0.25) is 5.02 Å². The highest BCUT2D eigenvalue weighted by Crippen LogP contribution is 2.40. The molecule has 1 aliphatic heterocycles. The van der Waals surface area contributed by atoms with Crippen LogP contribution in [0.25, 0.3) is 6.08 Å². The molecule has 0 radical (unpaired) electrons. The van der Waals surface area contributed by atoms with Crippen LogP contribution in [0.5, 0.6) is 17.2 Å². The molecule has 8 nitrogen and oxygen atoms in total. The summed E-state index contributed by atoms with van der Waals surface area (Å²) in [5.74, 6) is 0.443. The summed E-state index contributed by atoms with van der Waals surface area (Å²) in [5, 5.41) is -0.448. The third kappa shape index (κ3) is 7.25. The van der Waals surface area contributed by atoms with Gasteiger partial charge in [0.2, 0.25) is 5.75 Å². The molecule has 0 aliphatic carbocycles. The topological polar surface area (TPSA) is 99.2 Å². The Morgan fingerprint density at radius 3 is 2.41 bits per heavy atom. The molecular weight excluding hydrogens is 586 g/mol. The van der Waals surface area contributed by atoms with Crippen LogP contribution in [-0.4, -0.2) is 44.2 Å². The Hall–Kier alpha value is -3.47. The second-order valence-electron chi connectivity index (χ2n) is 9.49. The number of ether oxygens (including phenoxy) is 2. The zero-order valence-electron chi connectivity index (χ0n) is 23.0. The van der Waals surface area contributed by atoms with Crippen molar-refractivity contribution in [3.05, 3.63) is 87.3 Å². The molecular formula is C30H30ClNO7S2. The van der Waals surface area contributed by atoms with Crippen molar-refractivity contribution in [2.75, 3.05) is 19.8 Å². The van der Waals surface area contributed by atoms with E-state index in [4.69, 9.17) is 25.3 Å². The molecule has 0 atom stereocenters. The molecule has 0 saturated carbocycles. The summed E-state index contributed by atoms with van der Waals surface area (Å²) in [5.41, 5.74) is 2.54. The van der Waals surface area contributed by atoms with Crippen LogP contribution in [0.1, 0.15) is 43.4 Å². The van der Waals surface area contributed by atoms with Gasteiger partial charge >= 0.3 is 10.1 Å². The standard InChI is InChI=1S/C30H30ClNO7S2/c1-5-37-26-17-21(16-24(31)28(26)39-41(35,36)22-9-7-6-8-10-22)18-27-29(33)32(30(34)40-27)13-14-38-25-15-20(4)11-12-23(25)19(2)3/h6-12,15-19H,5,13-14H2,1-4H3/b27-18-. The third-order valence-electron chi connectivity index (χ3n) is 6.09. The van der Waals surface area contributed by atoms with Crippen molar-refractivity contribution in [1.29, 1.82) is 0 Å². The van der Waals surface area contributed by atoms with Crippen molar-refractivity contribution in [3.8, 4) is 17.2 Å². The molecule has 3 aromatic rings. The van der Waals surface area contributed by atoms with Crippen molar-refractivity contribution in [2.24, 2.45) is 0 Å². The summed E-state index contributed by atoms with van der Waals surface area (Å²) in [6.07, 6.45) is 1.51. The summed E-state index contributed by atoms with van der Waals surface area (Å²) in [6, 6.07) is 16.6. The summed E-state index contributed by atoms with van der Waals surface area (Å²) in [4.78, 5) is 27.1. The van der Waals surface area contributed by atoms with Gasteiger partial charge in [0.15, 0.2) is 5.75 Å². The maximum absolute atomic E-state index is 13.1. The molecule has 0 aromatic heterocycles. The Morgan fingerprint density at radius 2 is 1.73 bits per heavy atom. The number of carbonyl (C=O) groups is 2. The lowest BCUT2D eigenvalue weighted by Crippen LogP contribution is -2.32. The van der Waals surface area contributed by atoms with Gasteiger partial charge in [0.05, 0.1) is 23.1 Å². The average molecular weight is 616 g/mol. The van der Waals surface area contributed by atoms with Crippen molar-refractivity contribution in [2.45, 2.75) is 38.5 Å². The molecule has 0 bridgehead atoms. The van der Waals surface area contributed by atoms with Crippen LogP contribution in [0.4, 0.5) is 4.79 Å². The normalized spacial score (nSPS) is 14.7. The molecule has 11 heteroatoms. The average Bonchev–Trinajstić information content (AvgIpc) is 3.18. The fraction of sp³-hybridized carbons (Fsp3) is 0.267. The van der Waals surface area contributed by atoms with Crippen LogP contribution < -0.4 is 13.7 Å². The Balaban J connectivity index is 1.51. The molecule has 1 aliphatic rings. The van der Waals surface area contributed by atoms with Crippen molar-refractivity contribution in [3.63, 3.8) is 0 Å². The molecule has 1 saturated heterocycles. The smallest absolute Gasteiger partial charge is 0.339 e. The first-order valence-electron chi connectivity index (χ1n) is 12.9. The number of amides is 2. The van der Waals surface area contributed by atoms with E-state index in [2.05, 4.69) is 13.8 Å². The molecule has 3 aromatic carbocycles. The fourth-order valence-electron chi connectivity index (χ4n) is 4.09. The molecule has 1 fully saturated rings. The second-order valence-corrected chi connectivity index (χ2v) is 12.4. The van der Waals surface area contributed by atoms with E-state index in [0.717, 1.165) is 33.5 Å². The number of nitrogens with zero attached hydrogens (tertiary/aromatic N) is 1. The number of benzene rings is 3. The van der Waals surface area contributed by atoms with Crippen molar-refractivity contribution in [1.82, 2.24) is 4.90 Å². The minimum Gasteiger partial charge on any atom is -0.491 e. The van der Waals surface area contributed by atoms with Gasteiger partial charge in [0.25, 0.3) is 11.1 Å². The highest BCUT2D eigenvalue weighted by atomic mass is 35.5. The lowest BCUT2D eigenvalue weighted by molar-refractivity contribution is -0.123. The first kappa shape index (κ1) is 30.5. The Labute approximate surface area is 249 Å². The number of hydrogen-bond donors (Lipinski definition) is 0. The molecule has 1 heterocycles. The van der Waals surface area contributed by atoms with Gasteiger partial charge in [0, 0.05) is 0 Å². The number of halogens is 1. The van der Waals surface area contributed by atoms with Crippen LogP contribution in [0.15, 0.2) is 70.5 Å². The lowest BCUT2D eigenvalue weighted by atomic mass is 10.0. The largest absolute Gasteiger partial charge is 0.491 e. The minimum atomic E-state index is -4.18. The summed E-state index contributed by atoms with van der Waals surface area (Å²) in [6.45, 7) is 8.29. The first-order chi connectivity index (χ1) is 19.5. The van der Waals surface area contributed by atoms with Gasteiger partial charge in [-0.3, -0.25) is 14.5 Å². The third-order valence-corrected chi connectivity index (χ3v) is 8.52. The molecule has 41 heavy (non-hydrogen) atoms. The molecule has 0 unspecified atom stereocenters. The van der Waals surface area contributed by atoms with E-state index in [0.29, 0.717) is 5.56 Å². The predicted molar refractivity (Wildman–Crippen MR) is 160 cm³/mol. The van der Waals surface area contributed by atoms with Crippen molar-refractivity contribution >= 4 is 50.7 Å². The molecule has 0 spiro atoms. The van der Waals surface area contributed by atoms with E-state index in [1.807, 2.05) is 25.1 Å². The van der Waals surface area contributed by atoms with Gasteiger partial charge < -0.3 is 13.7 Å². The maximum Gasteiger partial charge on any atom is 0.339 e. The summed E-state index contributed by atoms with van der Waals surface area (Å²) < 4.78 is 42.5. The SMILES string of the molecule is CCOc1cc(/C=C2\SC(=O)N(CCOc3cc(C)ccc3C(C)C)C2=O)cc(Cl)c1OS(=O)(=O)c1ccccc1. The van der Waals surface area contributed by atoms with Gasteiger partial charge in [-0.05, 0) is 84.6 Å². The Bertz CT molecular complexity index is 1590. The van der Waals surface area contributed by atoms with E-state index in [1.165, 1.54) is 30.3 Å². The number of aryl methyl sites for hydroxylation is 1. The highest BCUT2D eigenvalue weighted by Gasteiger charge is 2.35. The number of carbonyl (C=O) groups excluding carboxylic acids is 2. The van der Waals surface area contributed by atoms with Crippen molar-refractivity contribution < 1.29 is 31.7 Å². The maximum atomic E-state index is 13.1. The van der Waals surface area contributed by atoms with E-state index >= 15 is 0 Å². The zero-order chi connectivity index (χ0) is 29.7. The fourth-order valence-corrected chi connectivity index (χ4v) is 6.24. The van der Waals surface area contributed by atoms with E-state index in [9.17, 15) is 18.0 Å². The van der Waals surface area contributed by atoms with Crippen LogP contribution in [0.3, 0.4) is 0 Å². The quantitative estimate of drug-likeness (QED) is 0.167. The molecule has 216 valence electrons. The number of hydrogen-bond acceptors (Lipinski definition) is 8. The highest BCUT2D eigenvalue weighted by molar-refractivity contribution is 8.18. The van der Waals surface area contributed by atoms with Gasteiger partial charge in [-0.2, -0.15) is 8.42 Å². The van der Waals surface area contributed by atoms with E-state index < -0.39 is 21.3 Å². The van der Waals surface area contributed by atoms with Crippen LogP contribution in [0, 0.1) is 6.92 Å². The molecule has 0 N–H and O–H groups in total. The number of imide groups is 1. The van der Waals surface area contributed by atoms with Gasteiger partial charge in [-0.25, -0.2) is 0 Å². The summed E-state index contributed by atoms with van der Waals surface area (Å²) >= 11 is 7.23. The van der Waals surface area contributed by atoms with Gasteiger partial charge in [-0.15, -0.1) is 0 Å². The summed E-state index contributed by atoms with van der Waals surface area (Å²) in [7, 11) is -4.18. The monoisotopic (exact) mass is 615 g/mol. The van der Waals surface area contributed by atoms with Gasteiger partial charge in [-0.1, -0.05) is 55.8 Å². The second kappa shape index (κ2) is 13.0. The predicted octanol–water partition coefficient (Wildman–Crippen LogP) is 7.05. The Kier molecular flexibility index (Phi) is 9.68. The number of thioether (sulfide) groups is 1. The van der Waals surface area contributed by atoms with Gasteiger partial charge in [0.1, 0.15) is 17.3 Å². The van der Waals surface area contributed by atoms with E-state index in [-0.39, 0.29) is 52.0 Å². The first-order valence-corrected chi connectivity index (χ1v) is 15.5. The Morgan fingerprint density at radius 1 is 1.00 bits per heavy atom.